The average Bonchev–Trinajstić information content (AvgIpc) is 3.01. The minimum absolute atomic E-state index is 0.0937. The minimum Gasteiger partial charge on any atom is -0.207 e. The van der Waals surface area contributed by atoms with Crippen LogP contribution >= 0.6 is 0 Å². The number of piperidine rings is 2. The average molecular weight is 611 g/mol. The fourth-order valence-electron chi connectivity index (χ4n) is 6.98. The first-order valence-electron chi connectivity index (χ1n) is 14.3. The fraction of sp³-hybridized carbons (Fsp3) is 0.229. The Labute approximate surface area is 254 Å². The molecule has 0 radical (unpaired) electrons. The van der Waals surface area contributed by atoms with Gasteiger partial charge in [0.15, 0.2) is 0 Å². The van der Waals surface area contributed by atoms with Crippen LogP contribution in [0.4, 0.5) is 0 Å². The molecule has 0 N–H and O–H groups in total. The molecule has 1 saturated heterocycles. The third kappa shape index (κ3) is 4.87. The van der Waals surface area contributed by atoms with Crippen LogP contribution in [-0.2, 0) is 20.0 Å². The van der Waals surface area contributed by atoms with Gasteiger partial charge in [-0.25, -0.2) is 8.42 Å². The van der Waals surface area contributed by atoms with E-state index in [1.807, 2.05) is 74.5 Å². The molecule has 4 atom stereocenters. The van der Waals surface area contributed by atoms with Gasteiger partial charge in [0.2, 0.25) is 10.0 Å². The highest BCUT2D eigenvalue weighted by atomic mass is 32.2. The zero-order chi connectivity index (χ0) is 30.4. The second-order valence-electron chi connectivity index (χ2n) is 11.5. The Morgan fingerprint density at radius 1 is 0.767 bits per heavy atom. The van der Waals surface area contributed by atoms with Gasteiger partial charge in [-0.3, -0.25) is 0 Å². The van der Waals surface area contributed by atoms with E-state index >= 15 is 0 Å². The molecule has 1 aliphatic carbocycles. The molecule has 1 saturated carbocycles. The summed E-state index contributed by atoms with van der Waals surface area (Å²) in [5.41, 5.74) is 3.23. The Morgan fingerprint density at radius 2 is 1.28 bits per heavy atom. The van der Waals surface area contributed by atoms with Crippen LogP contribution < -0.4 is 0 Å². The lowest BCUT2D eigenvalue weighted by atomic mass is 9.43. The molecule has 1 aliphatic heterocycles. The third-order valence-electron chi connectivity index (χ3n) is 8.86. The maximum Gasteiger partial charge on any atom is 0.282 e. The summed E-state index contributed by atoms with van der Waals surface area (Å²) < 4.78 is 62.6. The Kier molecular flexibility index (Phi) is 7.49. The van der Waals surface area contributed by atoms with Gasteiger partial charge in [0.1, 0.15) is 0 Å². The number of fused-ring (bicyclic) bond motifs is 2. The van der Waals surface area contributed by atoms with E-state index < -0.39 is 37.4 Å². The third-order valence-corrected chi connectivity index (χ3v) is 12.0. The Hall–Kier alpha value is -3.85. The largest absolute Gasteiger partial charge is 0.282 e. The molecular formula is C35H34N2O4S2. The monoisotopic (exact) mass is 610 g/mol. The van der Waals surface area contributed by atoms with Crippen molar-refractivity contribution in [1.82, 2.24) is 4.31 Å². The van der Waals surface area contributed by atoms with Crippen LogP contribution in [0.5, 0.6) is 0 Å². The van der Waals surface area contributed by atoms with Gasteiger partial charge in [-0.1, -0.05) is 102 Å². The van der Waals surface area contributed by atoms with E-state index in [9.17, 15) is 16.8 Å². The lowest BCUT2D eigenvalue weighted by molar-refractivity contribution is 0.0243. The summed E-state index contributed by atoms with van der Waals surface area (Å²) in [6, 6.07) is 32.2. The first-order valence-corrected chi connectivity index (χ1v) is 17.2. The van der Waals surface area contributed by atoms with Crippen LogP contribution in [0.3, 0.4) is 0 Å². The van der Waals surface area contributed by atoms with Crippen LogP contribution in [0.15, 0.2) is 136 Å². The molecule has 1 heterocycles. The molecule has 2 bridgehead atoms. The highest BCUT2D eigenvalue weighted by Crippen LogP contribution is 2.68. The number of rotatable bonds is 8. The maximum absolute atomic E-state index is 14.4. The van der Waals surface area contributed by atoms with Gasteiger partial charge in [-0.15, -0.1) is 6.58 Å². The van der Waals surface area contributed by atoms with Crippen LogP contribution in [0.25, 0.3) is 0 Å². The molecule has 2 fully saturated rings. The van der Waals surface area contributed by atoms with Crippen molar-refractivity contribution in [1.29, 1.82) is 0 Å². The van der Waals surface area contributed by atoms with E-state index in [4.69, 9.17) is 0 Å². The van der Waals surface area contributed by atoms with Crippen molar-refractivity contribution in [3.8, 4) is 0 Å². The Balaban J connectivity index is 1.61. The molecule has 0 amide bonds. The van der Waals surface area contributed by atoms with Gasteiger partial charge in [-0.05, 0) is 55.7 Å². The van der Waals surface area contributed by atoms with Crippen LogP contribution in [0, 0.1) is 25.2 Å². The molecule has 0 aromatic heterocycles. The topological polar surface area (TPSA) is 83.9 Å². The molecular weight excluding hydrogens is 577 g/mol. The van der Waals surface area contributed by atoms with Crippen molar-refractivity contribution in [3.05, 3.63) is 144 Å². The maximum atomic E-state index is 14.4. The summed E-state index contributed by atoms with van der Waals surface area (Å²) in [6.45, 7) is 7.97. The molecule has 4 aromatic carbocycles. The predicted octanol–water partition coefficient (Wildman–Crippen LogP) is 6.86. The van der Waals surface area contributed by atoms with E-state index in [1.165, 1.54) is 0 Å². The van der Waals surface area contributed by atoms with E-state index in [0.717, 1.165) is 22.3 Å². The first kappa shape index (κ1) is 29.2. The molecule has 43 heavy (non-hydrogen) atoms. The summed E-state index contributed by atoms with van der Waals surface area (Å²) in [4.78, 5) is 0.317. The summed E-state index contributed by atoms with van der Waals surface area (Å²) in [6.07, 6.45) is 2.10. The Morgan fingerprint density at radius 3 is 1.81 bits per heavy atom. The van der Waals surface area contributed by atoms with E-state index in [-0.39, 0.29) is 22.3 Å². The van der Waals surface area contributed by atoms with E-state index in [1.54, 1.807) is 58.9 Å². The highest BCUT2D eigenvalue weighted by molar-refractivity contribution is 7.90. The van der Waals surface area contributed by atoms with Crippen molar-refractivity contribution in [2.24, 2.45) is 15.7 Å². The van der Waals surface area contributed by atoms with Crippen molar-refractivity contribution < 1.29 is 16.8 Å². The zero-order valence-electron chi connectivity index (χ0n) is 24.2. The van der Waals surface area contributed by atoms with Gasteiger partial charge < -0.3 is 0 Å². The molecule has 2 aliphatic rings. The Bertz CT molecular complexity index is 1890. The lowest BCUT2D eigenvalue weighted by Crippen LogP contribution is -2.70. The molecule has 6 nitrogen and oxygen atoms in total. The van der Waals surface area contributed by atoms with Crippen LogP contribution in [-0.4, -0.2) is 33.4 Å². The SMILES string of the molecule is C=CC[C@]12/C(=N/S(=O)(=O)c3ccc(C)cc3)[C@@H](CN(S(=O)(=O)c3ccc(C)cc3)[C@@H]1c1ccccc1)[C@H]2c1ccccc1. The van der Waals surface area contributed by atoms with Crippen molar-refractivity contribution in [2.75, 3.05) is 6.54 Å². The van der Waals surface area contributed by atoms with Crippen molar-refractivity contribution in [2.45, 2.75) is 42.0 Å². The van der Waals surface area contributed by atoms with Crippen LogP contribution in [0.1, 0.15) is 40.6 Å². The minimum atomic E-state index is -4.07. The number of aryl methyl sites for hydroxylation is 2. The van der Waals surface area contributed by atoms with E-state index in [2.05, 4.69) is 11.0 Å². The van der Waals surface area contributed by atoms with Gasteiger partial charge >= 0.3 is 0 Å². The molecule has 4 aromatic rings. The molecule has 0 spiro atoms. The van der Waals surface area contributed by atoms with E-state index in [0.29, 0.717) is 12.1 Å². The molecule has 220 valence electrons. The summed E-state index contributed by atoms with van der Waals surface area (Å²) in [5, 5.41) is 0. The fourth-order valence-corrected chi connectivity index (χ4v) is 9.83. The molecule has 6 rings (SSSR count). The number of hydrogen-bond acceptors (Lipinski definition) is 4. The smallest absolute Gasteiger partial charge is 0.207 e. The van der Waals surface area contributed by atoms with Crippen molar-refractivity contribution in [3.63, 3.8) is 0 Å². The normalized spacial score (nSPS) is 24.8. The van der Waals surface area contributed by atoms with Gasteiger partial charge in [0.05, 0.1) is 15.8 Å². The summed E-state index contributed by atoms with van der Waals surface area (Å²) in [7, 11) is -8.04. The number of allylic oxidation sites excluding steroid dienone is 1. The molecule has 0 unspecified atom stereocenters. The van der Waals surface area contributed by atoms with Gasteiger partial charge in [-0.2, -0.15) is 17.1 Å². The van der Waals surface area contributed by atoms with Crippen LogP contribution in [0.2, 0.25) is 0 Å². The quantitative estimate of drug-likeness (QED) is 0.204. The first-order chi connectivity index (χ1) is 20.6. The predicted molar refractivity (Wildman–Crippen MR) is 170 cm³/mol. The van der Waals surface area contributed by atoms with Gasteiger partial charge in [0, 0.05) is 29.5 Å². The number of benzene rings is 4. The van der Waals surface area contributed by atoms with Gasteiger partial charge in [0.25, 0.3) is 10.0 Å². The highest BCUT2D eigenvalue weighted by Gasteiger charge is 2.70. The van der Waals surface area contributed by atoms with Crippen molar-refractivity contribution >= 4 is 25.8 Å². The zero-order valence-corrected chi connectivity index (χ0v) is 25.8. The lowest BCUT2D eigenvalue weighted by Gasteiger charge is -2.66. The number of nitrogens with zero attached hydrogens (tertiary/aromatic N) is 2. The summed E-state index contributed by atoms with van der Waals surface area (Å²) >= 11 is 0. The number of hydrogen-bond donors (Lipinski definition) is 0. The standard InChI is InChI=1S/C35H34N2O4S2/c1-4-23-35-32(27-11-7-5-8-12-27)31(33(35)36-42(38,39)29-19-15-25(2)16-20-29)24-37(34(35)28-13-9-6-10-14-28)43(40,41)30-21-17-26(3)18-22-30/h4-22,31-32,34H,1,23-24H2,2-3H3/b36-33+/t31-,32+,34+,35-/m0/s1. The second kappa shape index (κ2) is 11.0. The second-order valence-corrected chi connectivity index (χ2v) is 15.0. The number of sulfonamides is 2. The summed E-state index contributed by atoms with van der Waals surface area (Å²) in [5.74, 6) is -0.615. The molecule has 8 heteroatoms.